The van der Waals surface area contributed by atoms with E-state index in [4.69, 9.17) is 4.74 Å². The number of hydrogen-bond acceptors (Lipinski definition) is 4. The maximum atomic E-state index is 13.6. The first-order valence-electron chi connectivity index (χ1n) is 7.73. The fraction of sp³-hybridized carbons (Fsp3) is 0.235. The molecule has 0 aliphatic heterocycles. The molecule has 1 amide bonds. The molecule has 8 heteroatoms. The summed E-state index contributed by atoms with van der Waals surface area (Å²) >= 11 is 0. The van der Waals surface area contributed by atoms with E-state index in [-0.39, 0.29) is 5.56 Å². The van der Waals surface area contributed by atoms with Gasteiger partial charge in [0.05, 0.1) is 6.61 Å². The Hall–Kier alpha value is -2.45. The molecule has 0 aliphatic carbocycles. The highest BCUT2D eigenvalue weighted by Crippen LogP contribution is 2.15. The zero-order chi connectivity index (χ0) is 18.3. The molecular weight excluding hydrogens is 347 g/mol. The van der Waals surface area contributed by atoms with Gasteiger partial charge in [0.2, 0.25) is 0 Å². The largest absolute Gasteiger partial charge is 0.494 e. The molecule has 25 heavy (non-hydrogen) atoms. The summed E-state index contributed by atoms with van der Waals surface area (Å²) < 4.78 is 43.2. The molecule has 6 nitrogen and oxygen atoms in total. The molecule has 0 atom stereocenters. The van der Waals surface area contributed by atoms with Gasteiger partial charge in [-0.3, -0.25) is 10.2 Å². The van der Waals surface area contributed by atoms with Gasteiger partial charge in [-0.1, -0.05) is 31.5 Å². The van der Waals surface area contributed by atoms with Gasteiger partial charge in [-0.2, -0.15) is 0 Å². The highest BCUT2D eigenvalue weighted by atomic mass is 32.2. The number of amides is 1. The van der Waals surface area contributed by atoms with E-state index >= 15 is 0 Å². The molecule has 0 unspecified atom stereocenters. The van der Waals surface area contributed by atoms with Crippen LogP contribution in [-0.2, 0) is 10.0 Å². The minimum atomic E-state index is -4.21. The molecule has 0 saturated heterocycles. The molecular formula is C17H19FN2O4S. The number of carbonyl (C=O) groups is 1. The lowest BCUT2D eigenvalue weighted by atomic mass is 10.2. The van der Waals surface area contributed by atoms with Crippen molar-refractivity contribution in [3.8, 4) is 5.75 Å². The van der Waals surface area contributed by atoms with Gasteiger partial charge < -0.3 is 4.74 Å². The molecule has 2 aromatic rings. The van der Waals surface area contributed by atoms with Crippen LogP contribution in [0.4, 0.5) is 4.39 Å². The third-order valence-corrected chi connectivity index (χ3v) is 4.57. The smallest absolute Gasteiger partial charge is 0.266 e. The highest BCUT2D eigenvalue weighted by Gasteiger charge is 2.19. The summed E-state index contributed by atoms with van der Waals surface area (Å²) in [6, 6.07) is 11.2. The Balaban J connectivity index is 2.03. The van der Waals surface area contributed by atoms with Crippen molar-refractivity contribution < 1.29 is 22.3 Å². The molecule has 0 spiro atoms. The summed E-state index contributed by atoms with van der Waals surface area (Å²) in [5.41, 5.74) is 2.27. The molecule has 134 valence electrons. The fourth-order valence-electron chi connectivity index (χ4n) is 1.96. The first kappa shape index (κ1) is 18.9. The van der Waals surface area contributed by atoms with Crippen molar-refractivity contribution in [1.29, 1.82) is 0 Å². The van der Waals surface area contributed by atoms with Crippen molar-refractivity contribution in [2.45, 2.75) is 24.7 Å². The Kier molecular flexibility index (Phi) is 6.49. The van der Waals surface area contributed by atoms with Crippen molar-refractivity contribution >= 4 is 15.9 Å². The van der Waals surface area contributed by atoms with Crippen LogP contribution >= 0.6 is 0 Å². The Bertz CT molecular complexity index is 840. The lowest BCUT2D eigenvalue weighted by Gasteiger charge is -2.10. The number of unbranched alkanes of at least 4 members (excludes halogenated alkanes) is 1. The van der Waals surface area contributed by atoms with Crippen molar-refractivity contribution in [1.82, 2.24) is 10.3 Å². The van der Waals surface area contributed by atoms with Gasteiger partial charge in [0.1, 0.15) is 16.5 Å². The summed E-state index contributed by atoms with van der Waals surface area (Å²) in [5.74, 6) is -1.07. The Morgan fingerprint density at radius 2 is 1.92 bits per heavy atom. The summed E-state index contributed by atoms with van der Waals surface area (Å²) in [6.07, 6.45) is 1.87. The molecule has 0 aromatic heterocycles. The van der Waals surface area contributed by atoms with Gasteiger partial charge in [0.15, 0.2) is 0 Å². The second kappa shape index (κ2) is 8.59. The van der Waals surface area contributed by atoms with Crippen LogP contribution in [0.2, 0.25) is 0 Å². The van der Waals surface area contributed by atoms with Gasteiger partial charge in [0, 0.05) is 5.56 Å². The van der Waals surface area contributed by atoms with Crippen molar-refractivity contribution in [2.75, 3.05) is 6.61 Å². The number of hydrazine groups is 1. The standard InChI is InChI=1S/C17H19FN2O4S/c1-2-3-11-24-14-8-6-7-13(12-14)17(21)19-20-25(22,23)16-10-5-4-9-15(16)18/h4-10,12,20H,2-3,11H2,1H3,(H,19,21). The number of benzene rings is 2. The minimum absolute atomic E-state index is 0.213. The second-order valence-electron chi connectivity index (χ2n) is 5.22. The zero-order valence-corrected chi connectivity index (χ0v) is 14.5. The Labute approximate surface area is 146 Å². The second-order valence-corrected chi connectivity index (χ2v) is 6.87. The first-order valence-corrected chi connectivity index (χ1v) is 9.22. The van der Waals surface area contributed by atoms with E-state index in [1.165, 1.54) is 24.3 Å². The summed E-state index contributed by atoms with van der Waals surface area (Å²) in [5, 5.41) is 0. The van der Waals surface area contributed by atoms with Crippen molar-refractivity contribution in [2.24, 2.45) is 0 Å². The van der Waals surface area contributed by atoms with Gasteiger partial charge in [0.25, 0.3) is 15.9 Å². The van der Waals surface area contributed by atoms with Gasteiger partial charge in [-0.05, 0) is 36.8 Å². The topological polar surface area (TPSA) is 84.5 Å². The van der Waals surface area contributed by atoms with Crippen LogP contribution in [-0.4, -0.2) is 20.9 Å². The van der Waals surface area contributed by atoms with Crippen LogP contribution in [0.5, 0.6) is 5.75 Å². The zero-order valence-electron chi connectivity index (χ0n) is 13.7. The lowest BCUT2D eigenvalue weighted by molar-refractivity contribution is 0.0944. The first-order chi connectivity index (χ1) is 11.9. The summed E-state index contributed by atoms with van der Waals surface area (Å²) in [4.78, 5) is 13.4. The van der Waals surface area contributed by atoms with Gasteiger partial charge >= 0.3 is 0 Å². The Morgan fingerprint density at radius 3 is 2.64 bits per heavy atom. The van der Waals surface area contributed by atoms with Crippen molar-refractivity contribution in [3.63, 3.8) is 0 Å². The maximum absolute atomic E-state index is 13.6. The number of carbonyl (C=O) groups excluding carboxylic acids is 1. The molecule has 0 fully saturated rings. The third kappa shape index (κ3) is 5.27. The van der Waals surface area contributed by atoms with Gasteiger partial charge in [-0.15, -0.1) is 4.83 Å². The van der Waals surface area contributed by atoms with E-state index < -0.39 is 26.6 Å². The van der Waals surface area contributed by atoms with Crippen LogP contribution in [0.1, 0.15) is 30.1 Å². The quantitative estimate of drug-likeness (QED) is 0.556. The maximum Gasteiger partial charge on any atom is 0.266 e. The molecule has 0 heterocycles. The van der Waals surface area contributed by atoms with E-state index in [2.05, 4.69) is 5.43 Å². The monoisotopic (exact) mass is 366 g/mol. The molecule has 2 aromatic carbocycles. The third-order valence-electron chi connectivity index (χ3n) is 3.29. The minimum Gasteiger partial charge on any atom is -0.494 e. The molecule has 2 N–H and O–H groups in total. The summed E-state index contributed by atoms with van der Waals surface area (Å²) in [6.45, 7) is 2.57. The van der Waals surface area contributed by atoms with Crippen LogP contribution < -0.4 is 15.0 Å². The lowest BCUT2D eigenvalue weighted by Crippen LogP contribution is -2.41. The van der Waals surface area contributed by atoms with E-state index in [0.29, 0.717) is 12.4 Å². The number of ether oxygens (including phenoxy) is 1. The molecule has 2 rings (SSSR count). The molecule has 0 radical (unpaired) electrons. The van der Waals surface area contributed by atoms with Crippen LogP contribution in [0.3, 0.4) is 0 Å². The Morgan fingerprint density at radius 1 is 1.16 bits per heavy atom. The normalized spacial score (nSPS) is 11.1. The van der Waals surface area contributed by atoms with Crippen molar-refractivity contribution in [3.05, 3.63) is 59.9 Å². The number of hydrogen-bond donors (Lipinski definition) is 2. The number of rotatable bonds is 8. The SMILES string of the molecule is CCCCOc1cccc(C(=O)NNS(=O)(=O)c2ccccc2F)c1. The van der Waals surface area contributed by atoms with E-state index in [9.17, 15) is 17.6 Å². The van der Waals surface area contributed by atoms with Gasteiger partial charge in [-0.25, -0.2) is 12.8 Å². The number of nitrogens with one attached hydrogen (secondary N) is 2. The summed E-state index contributed by atoms with van der Waals surface area (Å²) in [7, 11) is -4.21. The highest BCUT2D eigenvalue weighted by molar-refractivity contribution is 7.89. The van der Waals surface area contributed by atoms with Crippen LogP contribution in [0.25, 0.3) is 0 Å². The molecule has 0 saturated carbocycles. The average molecular weight is 366 g/mol. The molecule has 0 aliphatic rings. The molecule has 0 bridgehead atoms. The predicted molar refractivity (Wildman–Crippen MR) is 91.0 cm³/mol. The van der Waals surface area contributed by atoms with E-state index in [1.54, 1.807) is 12.1 Å². The number of sulfonamides is 1. The average Bonchev–Trinajstić information content (AvgIpc) is 2.60. The fourth-order valence-corrected chi connectivity index (χ4v) is 2.88. The van der Waals surface area contributed by atoms with E-state index in [1.807, 2.05) is 11.8 Å². The number of halogens is 1. The van der Waals surface area contributed by atoms with Crippen LogP contribution in [0.15, 0.2) is 53.4 Å². The predicted octanol–water partition coefficient (Wildman–Crippen LogP) is 2.63. The van der Waals surface area contributed by atoms with E-state index in [0.717, 1.165) is 25.0 Å². The van der Waals surface area contributed by atoms with Crippen LogP contribution in [0, 0.1) is 5.82 Å².